The van der Waals surface area contributed by atoms with Gasteiger partial charge in [0.15, 0.2) is 0 Å². The monoisotopic (exact) mass is 254 g/mol. The molecule has 2 rings (SSSR count). The average Bonchev–Trinajstić information content (AvgIpc) is 2.68. The largest absolute Gasteiger partial charge is 0.302 e. The van der Waals surface area contributed by atoms with Crippen LogP contribution in [0.2, 0.25) is 5.15 Å². The molecule has 1 aliphatic rings. The summed E-state index contributed by atoms with van der Waals surface area (Å²) in [6.07, 6.45) is 5.96. The Hall–Kier alpha value is -0.710. The smallest absolute Gasteiger partial charge is 0.147 e. The summed E-state index contributed by atoms with van der Waals surface area (Å²) in [5.41, 5.74) is 0.970. The molecular formula is C12H19ClN4. The van der Waals surface area contributed by atoms with E-state index in [1.807, 2.05) is 0 Å². The van der Waals surface area contributed by atoms with Gasteiger partial charge in [0.05, 0.1) is 18.1 Å². The lowest BCUT2D eigenvalue weighted by atomic mass is 10.2. The second-order valence-electron chi connectivity index (χ2n) is 4.80. The van der Waals surface area contributed by atoms with Gasteiger partial charge in [-0.1, -0.05) is 11.6 Å². The lowest BCUT2D eigenvalue weighted by Gasteiger charge is -2.25. The summed E-state index contributed by atoms with van der Waals surface area (Å²) in [5, 5.41) is 0.451. The Bertz CT molecular complexity index is 354. The first-order valence-corrected chi connectivity index (χ1v) is 6.38. The van der Waals surface area contributed by atoms with E-state index >= 15 is 0 Å². The van der Waals surface area contributed by atoms with Gasteiger partial charge in [-0.15, -0.1) is 0 Å². The molecule has 2 heterocycles. The Balaban J connectivity index is 1.84. The van der Waals surface area contributed by atoms with E-state index in [-0.39, 0.29) is 0 Å². The molecule has 94 valence electrons. The van der Waals surface area contributed by atoms with Gasteiger partial charge in [0.1, 0.15) is 5.15 Å². The fraction of sp³-hybridized carbons (Fsp3) is 0.667. The minimum absolute atomic E-state index is 0.451. The van der Waals surface area contributed by atoms with E-state index < -0.39 is 0 Å². The molecule has 1 atom stereocenters. The van der Waals surface area contributed by atoms with Crippen molar-refractivity contribution < 1.29 is 0 Å². The zero-order valence-electron chi connectivity index (χ0n) is 10.4. The first kappa shape index (κ1) is 12.7. The van der Waals surface area contributed by atoms with Crippen LogP contribution in [0.5, 0.6) is 0 Å². The molecule has 1 aromatic rings. The number of likely N-dealkylation sites (N-methyl/N-ethyl adjacent to an activating group) is 2. The van der Waals surface area contributed by atoms with E-state index in [4.69, 9.17) is 11.6 Å². The maximum absolute atomic E-state index is 5.71. The predicted octanol–water partition coefficient (Wildman–Crippen LogP) is 1.66. The quantitative estimate of drug-likeness (QED) is 0.818. The minimum atomic E-state index is 0.451. The molecule has 0 N–H and O–H groups in total. The highest BCUT2D eigenvalue weighted by Crippen LogP contribution is 2.16. The highest BCUT2D eigenvalue weighted by atomic mass is 35.5. The van der Waals surface area contributed by atoms with Crippen LogP contribution in [0.3, 0.4) is 0 Å². The molecule has 1 aromatic heterocycles. The van der Waals surface area contributed by atoms with E-state index in [0.29, 0.717) is 11.2 Å². The van der Waals surface area contributed by atoms with Crippen molar-refractivity contribution in [1.29, 1.82) is 0 Å². The zero-order valence-corrected chi connectivity index (χ0v) is 11.2. The van der Waals surface area contributed by atoms with Crippen molar-refractivity contribution in [2.75, 3.05) is 27.2 Å². The number of hydrogen-bond acceptors (Lipinski definition) is 4. The van der Waals surface area contributed by atoms with Crippen LogP contribution in [0.25, 0.3) is 0 Å². The number of nitrogens with zero attached hydrogens (tertiary/aromatic N) is 4. The highest BCUT2D eigenvalue weighted by molar-refractivity contribution is 6.29. The van der Waals surface area contributed by atoms with Crippen molar-refractivity contribution in [1.82, 2.24) is 19.8 Å². The van der Waals surface area contributed by atoms with Crippen molar-refractivity contribution >= 4 is 11.6 Å². The van der Waals surface area contributed by atoms with Gasteiger partial charge < -0.3 is 4.90 Å². The topological polar surface area (TPSA) is 32.3 Å². The zero-order chi connectivity index (χ0) is 12.3. The van der Waals surface area contributed by atoms with Crippen LogP contribution in [0.4, 0.5) is 0 Å². The third kappa shape index (κ3) is 3.63. The standard InChI is InChI=1S/C12H19ClN4/c1-16(9-11-4-3-5-17(11)2)8-10-6-15-12(13)7-14-10/h6-7,11H,3-5,8-9H2,1-2H3. The van der Waals surface area contributed by atoms with Gasteiger partial charge in [0.25, 0.3) is 0 Å². The van der Waals surface area contributed by atoms with Crippen molar-refractivity contribution in [3.8, 4) is 0 Å². The predicted molar refractivity (Wildman–Crippen MR) is 69.0 cm³/mol. The normalized spacial score (nSPS) is 21.3. The Kier molecular flexibility index (Phi) is 4.31. The van der Waals surface area contributed by atoms with E-state index in [9.17, 15) is 0 Å². The van der Waals surface area contributed by atoms with Crippen molar-refractivity contribution in [2.45, 2.75) is 25.4 Å². The molecule has 0 radical (unpaired) electrons. The van der Waals surface area contributed by atoms with Crippen molar-refractivity contribution in [2.24, 2.45) is 0 Å². The Morgan fingerprint density at radius 1 is 1.47 bits per heavy atom. The number of halogens is 1. The molecule has 0 saturated carbocycles. The molecule has 1 fully saturated rings. The Morgan fingerprint density at radius 2 is 2.29 bits per heavy atom. The minimum Gasteiger partial charge on any atom is -0.302 e. The van der Waals surface area contributed by atoms with Gasteiger partial charge in [-0.05, 0) is 33.5 Å². The third-order valence-electron chi connectivity index (χ3n) is 3.30. The molecule has 0 bridgehead atoms. The summed E-state index contributed by atoms with van der Waals surface area (Å²) in [6, 6.07) is 0.681. The van der Waals surface area contributed by atoms with Crippen molar-refractivity contribution in [3.63, 3.8) is 0 Å². The van der Waals surface area contributed by atoms with Crippen molar-refractivity contribution in [3.05, 3.63) is 23.2 Å². The van der Waals surface area contributed by atoms with E-state index in [1.165, 1.54) is 19.4 Å². The molecule has 1 unspecified atom stereocenters. The Morgan fingerprint density at radius 3 is 2.88 bits per heavy atom. The molecule has 17 heavy (non-hydrogen) atoms. The fourth-order valence-corrected chi connectivity index (χ4v) is 2.43. The van der Waals surface area contributed by atoms with Gasteiger partial charge in [0.2, 0.25) is 0 Å². The molecule has 1 aliphatic heterocycles. The SMILES string of the molecule is CN(Cc1cnc(Cl)cn1)CC1CCCN1C. The van der Waals surface area contributed by atoms with Gasteiger partial charge >= 0.3 is 0 Å². The highest BCUT2D eigenvalue weighted by Gasteiger charge is 2.21. The maximum Gasteiger partial charge on any atom is 0.147 e. The second-order valence-corrected chi connectivity index (χ2v) is 5.19. The van der Waals surface area contributed by atoms with Gasteiger partial charge in [-0.3, -0.25) is 9.88 Å². The molecule has 5 heteroatoms. The van der Waals surface area contributed by atoms with Crippen LogP contribution in [-0.4, -0.2) is 53.0 Å². The summed E-state index contributed by atoms with van der Waals surface area (Å²) < 4.78 is 0. The van der Waals surface area contributed by atoms with E-state index in [0.717, 1.165) is 18.8 Å². The summed E-state index contributed by atoms with van der Waals surface area (Å²) in [4.78, 5) is 13.0. The molecule has 1 saturated heterocycles. The van der Waals surface area contributed by atoms with Crippen LogP contribution in [0, 0.1) is 0 Å². The van der Waals surface area contributed by atoms with Crippen LogP contribution < -0.4 is 0 Å². The number of hydrogen-bond donors (Lipinski definition) is 0. The molecule has 4 nitrogen and oxygen atoms in total. The van der Waals surface area contributed by atoms with Crippen LogP contribution >= 0.6 is 11.6 Å². The van der Waals surface area contributed by atoms with E-state index in [1.54, 1.807) is 12.4 Å². The number of likely N-dealkylation sites (tertiary alicyclic amines) is 1. The lowest BCUT2D eigenvalue weighted by molar-refractivity contribution is 0.214. The maximum atomic E-state index is 5.71. The molecule has 0 spiro atoms. The number of aromatic nitrogens is 2. The summed E-state index contributed by atoms with van der Waals surface area (Å²) in [6.45, 7) is 3.13. The van der Waals surface area contributed by atoms with Crippen LogP contribution in [-0.2, 0) is 6.54 Å². The van der Waals surface area contributed by atoms with Crippen LogP contribution in [0.15, 0.2) is 12.4 Å². The number of rotatable bonds is 4. The third-order valence-corrected chi connectivity index (χ3v) is 3.49. The average molecular weight is 255 g/mol. The first-order valence-electron chi connectivity index (χ1n) is 6.00. The van der Waals surface area contributed by atoms with E-state index in [2.05, 4.69) is 33.9 Å². The summed E-state index contributed by atoms with van der Waals surface area (Å²) in [5.74, 6) is 0. The lowest BCUT2D eigenvalue weighted by Crippen LogP contribution is -2.36. The first-order chi connectivity index (χ1) is 8.15. The van der Waals surface area contributed by atoms with Crippen LogP contribution in [0.1, 0.15) is 18.5 Å². The molecular weight excluding hydrogens is 236 g/mol. The molecule has 0 aliphatic carbocycles. The fourth-order valence-electron chi connectivity index (χ4n) is 2.33. The Labute approximate surface area is 108 Å². The second kappa shape index (κ2) is 5.76. The molecule has 0 amide bonds. The summed E-state index contributed by atoms with van der Waals surface area (Å²) in [7, 11) is 4.33. The molecule has 0 aromatic carbocycles. The van der Waals surface area contributed by atoms with Gasteiger partial charge in [0, 0.05) is 19.1 Å². The van der Waals surface area contributed by atoms with Gasteiger partial charge in [-0.2, -0.15) is 0 Å². The summed E-state index contributed by atoms with van der Waals surface area (Å²) >= 11 is 5.71. The van der Waals surface area contributed by atoms with Gasteiger partial charge in [-0.25, -0.2) is 4.98 Å².